The summed E-state index contributed by atoms with van der Waals surface area (Å²) in [6, 6.07) is 0. The molecule has 0 unspecified atom stereocenters. The van der Waals surface area contributed by atoms with Gasteiger partial charge in [0.05, 0.1) is 53.4 Å². The van der Waals surface area contributed by atoms with Gasteiger partial charge in [-0.05, 0) is 38.5 Å². The Morgan fingerprint density at radius 1 is 0.619 bits per heavy atom. The molecule has 0 aromatic rings. The fraction of sp³-hybridized carbons (Fsp3) is 1.00. The minimum Gasteiger partial charge on any atom is -1.00 e. The van der Waals surface area contributed by atoms with Gasteiger partial charge in [0.15, 0.2) is 0 Å². The molecular weight excluding hydrogens is 323 g/mol. The molecule has 0 radical (unpaired) electrons. The lowest BCUT2D eigenvalue weighted by atomic mass is 10.1. The summed E-state index contributed by atoms with van der Waals surface area (Å²) in [7, 11) is 4.94. The summed E-state index contributed by atoms with van der Waals surface area (Å²) in [5, 5.41) is 0. The van der Waals surface area contributed by atoms with Crippen molar-refractivity contribution in [2.24, 2.45) is 0 Å². The Morgan fingerprint density at radius 3 is 1.29 bits per heavy atom. The van der Waals surface area contributed by atoms with Crippen molar-refractivity contribution in [1.82, 2.24) is 0 Å². The number of halogens is 2. The first-order valence-electron chi connectivity index (χ1n) is 8.37. The van der Waals surface area contributed by atoms with Crippen LogP contribution in [0.25, 0.3) is 0 Å². The van der Waals surface area contributed by atoms with E-state index >= 15 is 0 Å². The van der Waals surface area contributed by atoms with Crippen LogP contribution in [0, 0.1) is 0 Å². The maximum Gasteiger partial charge on any atom is 0.0876 e. The highest BCUT2D eigenvalue weighted by atomic mass is 35.5. The van der Waals surface area contributed by atoms with Crippen LogP contribution in [0.3, 0.4) is 0 Å². The molecule has 21 heavy (non-hydrogen) atoms. The Morgan fingerprint density at radius 2 is 0.952 bits per heavy atom. The van der Waals surface area contributed by atoms with Crippen molar-refractivity contribution in [3.05, 3.63) is 0 Å². The van der Waals surface area contributed by atoms with Crippen LogP contribution < -0.4 is 24.8 Å². The van der Waals surface area contributed by atoms with E-state index in [0.717, 1.165) is 0 Å². The van der Waals surface area contributed by atoms with Crippen LogP contribution in [-0.2, 0) is 0 Å². The van der Waals surface area contributed by atoms with E-state index in [1.807, 2.05) is 0 Å². The van der Waals surface area contributed by atoms with Gasteiger partial charge in [-0.3, -0.25) is 0 Å². The summed E-state index contributed by atoms with van der Waals surface area (Å²) < 4.78 is 2.69. The molecule has 2 aliphatic rings. The quantitative estimate of drug-likeness (QED) is 0.361. The van der Waals surface area contributed by atoms with E-state index in [2.05, 4.69) is 25.9 Å². The number of hydrogen-bond acceptors (Lipinski definition) is 1. The van der Waals surface area contributed by atoms with Gasteiger partial charge in [-0.15, -0.1) is 0 Å². The predicted octanol–water partition coefficient (Wildman–Crippen LogP) is -3.01. The van der Waals surface area contributed by atoms with Crippen molar-refractivity contribution in [1.29, 1.82) is 0 Å². The molecule has 5 heteroatoms. The Balaban J connectivity index is 0.00000200. The Kier molecular flexibility index (Phi) is 11.0. The van der Waals surface area contributed by atoms with Gasteiger partial charge in [0.2, 0.25) is 0 Å². The Labute approximate surface area is 149 Å². The Hall–Kier alpha value is 0.850. The average molecular weight is 357 g/mol. The van der Waals surface area contributed by atoms with Crippen LogP contribution in [0.2, 0.25) is 0 Å². The van der Waals surface area contributed by atoms with Crippen LogP contribution in [-0.4, -0.2) is 73.8 Å². The molecule has 0 aromatic heterocycles. The molecular formula is C16H34Cl2N2S. The minimum atomic E-state index is 0. The standard InChI is InChI=1S/C16H34N2S.2ClH/c1-17(9-5-3-6-10-17)13-15-19-16-14-18(2)11-7-4-8-12-18;;/h3-16H2,1-2H3;2*1H/q+2;;/p-2. The zero-order valence-electron chi connectivity index (χ0n) is 14.0. The number of piperidine rings is 2. The maximum atomic E-state index is 2.47. The molecule has 0 amide bonds. The molecule has 0 aromatic carbocycles. The van der Waals surface area contributed by atoms with E-state index in [4.69, 9.17) is 0 Å². The van der Waals surface area contributed by atoms with E-state index < -0.39 is 0 Å². The third-order valence-corrected chi connectivity index (χ3v) is 6.29. The SMILES string of the molecule is C[N+]1(CCSCC[N+]2(C)CCCCC2)CCCCC1.[Cl-].[Cl-]. The second-order valence-corrected chi connectivity index (χ2v) is 8.54. The highest BCUT2D eigenvalue weighted by Gasteiger charge is 2.25. The Bertz CT molecular complexity index is 239. The number of likely N-dealkylation sites (tertiary alicyclic amines) is 2. The lowest BCUT2D eigenvalue weighted by molar-refractivity contribution is -0.912. The fourth-order valence-electron chi connectivity index (χ4n) is 3.67. The summed E-state index contributed by atoms with van der Waals surface area (Å²) >= 11 is 2.21. The van der Waals surface area contributed by atoms with Crippen molar-refractivity contribution < 1.29 is 33.8 Å². The van der Waals surface area contributed by atoms with Gasteiger partial charge in [0.25, 0.3) is 0 Å². The van der Waals surface area contributed by atoms with E-state index in [9.17, 15) is 0 Å². The van der Waals surface area contributed by atoms with Gasteiger partial charge >= 0.3 is 0 Å². The van der Waals surface area contributed by atoms with Gasteiger partial charge in [-0.1, -0.05) is 0 Å². The number of rotatable bonds is 6. The van der Waals surface area contributed by atoms with Gasteiger partial charge in [0, 0.05) is 11.5 Å². The highest BCUT2D eigenvalue weighted by molar-refractivity contribution is 7.99. The summed E-state index contributed by atoms with van der Waals surface area (Å²) in [5.74, 6) is 2.74. The normalized spacial score (nSPS) is 23.7. The van der Waals surface area contributed by atoms with Crippen molar-refractivity contribution in [3.8, 4) is 0 Å². The molecule has 2 saturated heterocycles. The third-order valence-electron chi connectivity index (χ3n) is 5.34. The molecule has 0 N–H and O–H groups in total. The predicted molar refractivity (Wildman–Crippen MR) is 86.6 cm³/mol. The summed E-state index contributed by atoms with van der Waals surface area (Å²) in [6.45, 7) is 8.49. The van der Waals surface area contributed by atoms with E-state index in [1.165, 1.54) is 98.3 Å². The number of quaternary nitrogens is 2. The first kappa shape index (κ1) is 21.9. The molecule has 0 saturated carbocycles. The third kappa shape index (κ3) is 7.78. The molecule has 0 bridgehead atoms. The maximum absolute atomic E-state index is 2.47. The summed E-state index contributed by atoms with van der Waals surface area (Å²) in [5.41, 5.74) is 0. The largest absolute Gasteiger partial charge is 1.00 e. The molecule has 0 aliphatic carbocycles. The molecule has 2 nitrogen and oxygen atoms in total. The van der Waals surface area contributed by atoms with Gasteiger partial charge in [-0.2, -0.15) is 11.8 Å². The molecule has 0 spiro atoms. The zero-order valence-corrected chi connectivity index (χ0v) is 16.3. The topological polar surface area (TPSA) is 0 Å². The van der Waals surface area contributed by atoms with Crippen LogP contribution >= 0.6 is 11.8 Å². The van der Waals surface area contributed by atoms with Gasteiger partial charge in [-0.25, -0.2) is 0 Å². The number of hydrogen-bond donors (Lipinski definition) is 0. The minimum absolute atomic E-state index is 0. The second-order valence-electron chi connectivity index (χ2n) is 7.31. The van der Waals surface area contributed by atoms with Crippen molar-refractivity contribution in [2.45, 2.75) is 38.5 Å². The van der Waals surface area contributed by atoms with Crippen LogP contribution in [0.15, 0.2) is 0 Å². The van der Waals surface area contributed by atoms with Crippen molar-refractivity contribution in [3.63, 3.8) is 0 Å². The summed E-state index contributed by atoms with van der Waals surface area (Å²) in [6.07, 6.45) is 8.76. The van der Waals surface area contributed by atoms with Gasteiger partial charge in [0.1, 0.15) is 0 Å². The molecule has 2 fully saturated rings. The van der Waals surface area contributed by atoms with Crippen LogP contribution in [0.1, 0.15) is 38.5 Å². The molecule has 128 valence electrons. The monoisotopic (exact) mass is 356 g/mol. The number of nitrogens with zero attached hydrogens (tertiary/aromatic N) is 2. The first-order chi connectivity index (χ1) is 9.12. The van der Waals surface area contributed by atoms with E-state index in [-0.39, 0.29) is 24.8 Å². The van der Waals surface area contributed by atoms with E-state index in [0.29, 0.717) is 0 Å². The molecule has 2 aliphatic heterocycles. The number of thioether (sulfide) groups is 1. The zero-order chi connectivity index (χ0) is 13.6. The second kappa shape index (κ2) is 10.6. The van der Waals surface area contributed by atoms with Crippen molar-refractivity contribution in [2.75, 3.05) is 64.9 Å². The fourth-order valence-corrected chi connectivity index (χ4v) is 5.01. The molecule has 2 heterocycles. The smallest absolute Gasteiger partial charge is 0.0876 e. The average Bonchev–Trinajstić information content (AvgIpc) is 2.40. The van der Waals surface area contributed by atoms with Crippen LogP contribution in [0.5, 0.6) is 0 Å². The van der Waals surface area contributed by atoms with Gasteiger partial charge < -0.3 is 33.8 Å². The first-order valence-corrected chi connectivity index (χ1v) is 9.52. The van der Waals surface area contributed by atoms with Crippen LogP contribution in [0.4, 0.5) is 0 Å². The summed E-state index contributed by atoms with van der Waals surface area (Å²) in [4.78, 5) is 0. The van der Waals surface area contributed by atoms with Crippen molar-refractivity contribution >= 4 is 11.8 Å². The lowest BCUT2D eigenvalue weighted by Crippen LogP contribution is -3.00. The molecule has 0 atom stereocenters. The molecule has 2 rings (SSSR count). The lowest BCUT2D eigenvalue weighted by Gasteiger charge is -2.38. The van der Waals surface area contributed by atoms with E-state index in [1.54, 1.807) is 0 Å². The highest BCUT2D eigenvalue weighted by Crippen LogP contribution is 2.19.